The molecule has 0 saturated heterocycles. The molecule has 0 saturated carbocycles. The molecule has 3 heteroatoms. The number of benzene rings is 1. The summed E-state index contributed by atoms with van der Waals surface area (Å²) in [5, 5.41) is 1.34. The van der Waals surface area contributed by atoms with E-state index in [1.165, 1.54) is 33.3 Å². The summed E-state index contributed by atoms with van der Waals surface area (Å²) in [5.74, 6) is 0.586. The number of fused-ring (bicyclic) bond motifs is 3. The zero-order valence-corrected chi connectivity index (χ0v) is 15.6. The number of esters is 1. The number of ether oxygens (including phenoxy) is 1. The first kappa shape index (κ1) is 17.1. The standard InChI is InChI=1S/C21H29NO2/c1-6-24-21(23)16-7-8-19-18(11-16)17-9-14(4)15(5)10-20(17)22(19)12-13(2)3/h9-10,13,16H,6-8,11-12H2,1-5H3. The van der Waals surface area contributed by atoms with E-state index in [9.17, 15) is 4.79 Å². The molecule has 0 radical (unpaired) electrons. The van der Waals surface area contributed by atoms with Gasteiger partial charge < -0.3 is 9.30 Å². The molecule has 24 heavy (non-hydrogen) atoms. The zero-order chi connectivity index (χ0) is 17.4. The van der Waals surface area contributed by atoms with Crippen molar-refractivity contribution in [1.82, 2.24) is 4.57 Å². The normalized spacial score (nSPS) is 17.3. The van der Waals surface area contributed by atoms with Crippen molar-refractivity contribution in [2.45, 2.75) is 60.4 Å². The van der Waals surface area contributed by atoms with Gasteiger partial charge in [-0.05, 0) is 74.8 Å². The summed E-state index contributed by atoms with van der Waals surface area (Å²) in [6.07, 6.45) is 2.69. The van der Waals surface area contributed by atoms with Gasteiger partial charge in [0.25, 0.3) is 0 Å². The Morgan fingerprint density at radius 2 is 2.00 bits per heavy atom. The molecule has 1 atom stereocenters. The van der Waals surface area contributed by atoms with Crippen LogP contribution in [0, 0.1) is 25.7 Å². The lowest BCUT2D eigenvalue weighted by Gasteiger charge is -2.23. The van der Waals surface area contributed by atoms with Gasteiger partial charge in [0.15, 0.2) is 0 Å². The Balaban J connectivity index is 2.10. The van der Waals surface area contributed by atoms with Crippen LogP contribution in [-0.4, -0.2) is 17.1 Å². The molecule has 1 heterocycles. The molecule has 130 valence electrons. The second-order valence-electron chi connectivity index (χ2n) is 7.58. The highest BCUT2D eigenvalue weighted by molar-refractivity contribution is 5.88. The average Bonchev–Trinajstić information content (AvgIpc) is 2.81. The second-order valence-corrected chi connectivity index (χ2v) is 7.58. The maximum Gasteiger partial charge on any atom is 0.309 e. The Bertz CT molecular complexity index is 770. The first-order valence-electron chi connectivity index (χ1n) is 9.20. The van der Waals surface area contributed by atoms with Crippen LogP contribution in [0.15, 0.2) is 12.1 Å². The minimum absolute atomic E-state index is 0.0113. The average molecular weight is 327 g/mol. The van der Waals surface area contributed by atoms with E-state index in [1.807, 2.05) is 6.92 Å². The number of aryl methyl sites for hydroxylation is 2. The van der Waals surface area contributed by atoms with E-state index in [0.717, 1.165) is 25.8 Å². The quantitative estimate of drug-likeness (QED) is 0.770. The predicted octanol–water partition coefficient (Wildman–Crippen LogP) is 4.58. The summed E-state index contributed by atoms with van der Waals surface area (Å²) in [6, 6.07) is 4.64. The first-order chi connectivity index (χ1) is 11.4. The van der Waals surface area contributed by atoms with Crippen molar-refractivity contribution < 1.29 is 9.53 Å². The molecule has 1 aromatic carbocycles. The third-order valence-corrected chi connectivity index (χ3v) is 5.25. The van der Waals surface area contributed by atoms with E-state index in [4.69, 9.17) is 4.74 Å². The largest absolute Gasteiger partial charge is 0.466 e. The summed E-state index contributed by atoms with van der Waals surface area (Å²) < 4.78 is 7.78. The van der Waals surface area contributed by atoms with Gasteiger partial charge in [-0.2, -0.15) is 0 Å². The molecule has 3 nitrogen and oxygen atoms in total. The van der Waals surface area contributed by atoms with Crippen molar-refractivity contribution in [2.24, 2.45) is 11.8 Å². The van der Waals surface area contributed by atoms with Crippen LogP contribution in [0.25, 0.3) is 10.9 Å². The van der Waals surface area contributed by atoms with Crippen LogP contribution in [0.4, 0.5) is 0 Å². The first-order valence-corrected chi connectivity index (χ1v) is 9.20. The molecule has 0 aliphatic heterocycles. The van der Waals surface area contributed by atoms with E-state index in [1.54, 1.807) is 0 Å². The van der Waals surface area contributed by atoms with Gasteiger partial charge in [-0.1, -0.05) is 13.8 Å². The van der Waals surface area contributed by atoms with Crippen molar-refractivity contribution in [1.29, 1.82) is 0 Å². The zero-order valence-electron chi connectivity index (χ0n) is 15.6. The summed E-state index contributed by atoms with van der Waals surface area (Å²) in [6.45, 7) is 12.3. The van der Waals surface area contributed by atoms with Crippen LogP contribution in [0.1, 0.15) is 49.6 Å². The molecule has 1 aliphatic rings. The minimum atomic E-state index is -0.0308. The van der Waals surface area contributed by atoms with Gasteiger partial charge in [0.05, 0.1) is 12.5 Å². The van der Waals surface area contributed by atoms with E-state index in [2.05, 4.69) is 44.4 Å². The monoisotopic (exact) mass is 327 g/mol. The summed E-state index contributed by atoms with van der Waals surface area (Å²) in [7, 11) is 0. The highest BCUT2D eigenvalue weighted by atomic mass is 16.5. The summed E-state index contributed by atoms with van der Waals surface area (Å²) >= 11 is 0. The van der Waals surface area contributed by atoms with Gasteiger partial charge in [0.2, 0.25) is 0 Å². The number of rotatable bonds is 4. The molecule has 0 spiro atoms. The molecule has 3 rings (SSSR count). The van der Waals surface area contributed by atoms with Gasteiger partial charge in [0.1, 0.15) is 0 Å². The molecule has 0 bridgehead atoms. The highest BCUT2D eigenvalue weighted by Crippen LogP contribution is 2.36. The van der Waals surface area contributed by atoms with Crippen LogP contribution in [0.2, 0.25) is 0 Å². The molecule has 1 aromatic heterocycles. The molecule has 0 fully saturated rings. The van der Waals surface area contributed by atoms with Crippen LogP contribution in [0.5, 0.6) is 0 Å². The van der Waals surface area contributed by atoms with Crippen LogP contribution in [-0.2, 0) is 28.9 Å². The van der Waals surface area contributed by atoms with E-state index < -0.39 is 0 Å². The second kappa shape index (κ2) is 6.62. The lowest BCUT2D eigenvalue weighted by Crippen LogP contribution is -2.25. The molecule has 0 N–H and O–H groups in total. The molecule has 1 unspecified atom stereocenters. The third-order valence-electron chi connectivity index (χ3n) is 5.25. The Morgan fingerprint density at radius 1 is 1.29 bits per heavy atom. The summed E-state index contributed by atoms with van der Waals surface area (Å²) in [4.78, 5) is 12.2. The number of carbonyl (C=O) groups excluding carboxylic acids is 1. The van der Waals surface area contributed by atoms with E-state index >= 15 is 0 Å². The number of carbonyl (C=O) groups is 1. The lowest BCUT2D eigenvalue weighted by molar-refractivity contribution is -0.148. The fourth-order valence-corrected chi connectivity index (χ4v) is 3.94. The van der Waals surface area contributed by atoms with E-state index in [-0.39, 0.29) is 11.9 Å². The van der Waals surface area contributed by atoms with Crippen molar-refractivity contribution in [3.05, 3.63) is 34.5 Å². The van der Waals surface area contributed by atoms with Crippen molar-refractivity contribution in [2.75, 3.05) is 6.61 Å². The van der Waals surface area contributed by atoms with Crippen LogP contribution in [0.3, 0.4) is 0 Å². The molecule has 2 aromatic rings. The minimum Gasteiger partial charge on any atom is -0.466 e. The fourth-order valence-electron chi connectivity index (χ4n) is 3.94. The molecular weight excluding hydrogens is 298 g/mol. The Kier molecular flexibility index (Phi) is 4.71. The van der Waals surface area contributed by atoms with Gasteiger partial charge in [0, 0.05) is 23.1 Å². The maximum absolute atomic E-state index is 12.2. The smallest absolute Gasteiger partial charge is 0.309 e. The van der Waals surface area contributed by atoms with Gasteiger partial charge >= 0.3 is 5.97 Å². The van der Waals surface area contributed by atoms with Crippen LogP contribution >= 0.6 is 0 Å². The van der Waals surface area contributed by atoms with Gasteiger partial charge in [-0.15, -0.1) is 0 Å². The van der Waals surface area contributed by atoms with Gasteiger partial charge in [-0.25, -0.2) is 0 Å². The maximum atomic E-state index is 12.2. The molecule has 1 aliphatic carbocycles. The molecule has 0 amide bonds. The fraction of sp³-hybridized carbons (Fsp3) is 0.571. The number of hydrogen-bond acceptors (Lipinski definition) is 2. The third kappa shape index (κ3) is 2.97. The Hall–Kier alpha value is -1.77. The Morgan fingerprint density at radius 3 is 2.67 bits per heavy atom. The Labute approximate surface area is 145 Å². The summed E-state index contributed by atoms with van der Waals surface area (Å²) in [5.41, 5.74) is 6.80. The number of aromatic nitrogens is 1. The highest BCUT2D eigenvalue weighted by Gasteiger charge is 2.30. The van der Waals surface area contributed by atoms with Crippen molar-refractivity contribution >= 4 is 16.9 Å². The van der Waals surface area contributed by atoms with Gasteiger partial charge in [-0.3, -0.25) is 4.79 Å². The van der Waals surface area contributed by atoms with Crippen molar-refractivity contribution in [3.63, 3.8) is 0 Å². The molecular formula is C21H29NO2. The topological polar surface area (TPSA) is 31.2 Å². The predicted molar refractivity (Wildman–Crippen MR) is 98.4 cm³/mol. The number of nitrogens with zero attached hydrogens (tertiary/aromatic N) is 1. The van der Waals surface area contributed by atoms with Crippen molar-refractivity contribution in [3.8, 4) is 0 Å². The lowest BCUT2D eigenvalue weighted by atomic mass is 9.86. The van der Waals surface area contributed by atoms with Crippen LogP contribution < -0.4 is 0 Å². The number of hydrogen-bond donors (Lipinski definition) is 0. The SMILES string of the molecule is CCOC(=O)C1CCc2c(c3cc(C)c(C)cc3n2CC(C)C)C1. The van der Waals surface area contributed by atoms with E-state index in [0.29, 0.717) is 12.5 Å².